The molecule has 0 aliphatic rings. The molecule has 0 rings (SSSR count). The third-order valence-corrected chi connectivity index (χ3v) is 0. The van der Waals surface area contributed by atoms with E-state index in [9.17, 15) is 0 Å². The van der Waals surface area contributed by atoms with Crippen LogP contribution in [-0.2, 0) is 49.9 Å². The van der Waals surface area contributed by atoms with E-state index < -0.39 is 46.9 Å². The maximum absolute atomic E-state index is 8.55. The molecule has 0 heterocycles. The van der Waals surface area contributed by atoms with E-state index in [1.165, 1.54) is 0 Å². The molecule has 0 saturated heterocycles. The number of phosphoric acid groups is 6. The van der Waals surface area contributed by atoms with Gasteiger partial charge in [0.25, 0.3) is 0 Å². The molecule has 0 saturated carbocycles. The Labute approximate surface area is 422 Å². The van der Waals surface area contributed by atoms with Crippen molar-refractivity contribution in [2.24, 2.45) is 0 Å². The molecular formula is CuO25P6Pb9. The van der Waals surface area contributed by atoms with Crippen molar-refractivity contribution in [2.45, 2.75) is 0 Å². The summed E-state index contributed by atoms with van der Waals surface area (Å²) in [5.41, 5.74) is 0. The zero-order chi connectivity index (χ0) is 27.0. The summed E-state index contributed by atoms with van der Waals surface area (Å²) in [7, 11) is -32.3. The van der Waals surface area contributed by atoms with Crippen LogP contribution >= 0.6 is 46.9 Å². The van der Waals surface area contributed by atoms with E-state index in [1.54, 1.807) is 0 Å². The Morgan fingerprint density at radius 2 is 0.220 bits per heavy atom. The molecule has 25 nitrogen and oxygen atoms in total. The minimum atomic E-state index is -5.39. The van der Waals surface area contributed by atoms with E-state index in [2.05, 4.69) is 0 Å². The fourth-order valence-corrected chi connectivity index (χ4v) is 0. The molecule has 0 spiro atoms. The van der Waals surface area contributed by atoms with Crippen molar-refractivity contribution >= 4 is 293 Å². The van der Waals surface area contributed by atoms with Gasteiger partial charge in [0, 0.05) is 0 Å². The van der Waals surface area contributed by atoms with E-state index in [-0.39, 0.29) is 268 Å². The molecule has 0 bridgehead atoms. The molecular weight excluding hydrogens is 2510 g/mol. The SMILES string of the molecule is O=P([O-])([O-])[O-].O=P([O-])([O-])[O-].O=P([O-])([O-])[O-].O=P([O-])([O-])[O-].O=P([O-])([O-])[O-].O=P([O-])([O-])[O-].[Cu+2].[O-2].[Pb+2].[Pb+2].[Pb+2].[Pb+2].[Pb+2].[Pb+2].[Pb+2].[Pb+2].[Pb+2]. The Balaban J connectivity index is -0.0000000107. The summed E-state index contributed by atoms with van der Waals surface area (Å²) in [6.07, 6.45) is 0. The standard InChI is InChI=1S/Cu.6H3O4P.O.9Pb/c;6*1-5(2,3)4;;;;;;;;;;/h;6*(H3,1,2,3,4);;;;;;;;;;/q+2;;;;;;;-2;9*+2/p-18. The van der Waals surface area contributed by atoms with Crippen molar-refractivity contribution in [1.29, 1.82) is 0 Å². The van der Waals surface area contributed by atoms with Gasteiger partial charge < -0.3 is 121 Å². The van der Waals surface area contributed by atoms with Crippen molar-refractivity contribution in [3.63, 3.8) is 0 Å². The van der Waals surface area contributed by atoms with Gasteiger partial charge in [-0.05, 0) is 0 Å². The summed E-state index contributed by atoms with van der Waals surface area (Å²) in [5.74, 6) is 0. The minimum Gasteiger partial charge on any atom is -2.00 e. The first-order chi connectivity index (χ1) is 12.0. The zero-order valence-corrected chi connectivity index (χ0v) is 59.0. The quantitative estimate of drug-likeness (QED) is 0.160. The average Bonchev–Trinajstić information content (AvgIpc) is 1.94. The third kappa shape index (κ3) is 1250. The van der Waals surface area contributed by atoms with E-state index in [0.29, 0.717) is 0 Å². The molecule has 0 aliphatic heterocycles. The predicted molar refractivity (Wildman–Crippen MR) is 98.1 cm³/mol. The molecule has 0 aromatic rings. The van der Waals surface area contributed by atoms with Gasteiger partial charge in [-0.3, -0.25) is 0 Å². The molecule has 0 atom stereocenters. The Kier molecular flexibility index (Phi) is 151. The molecule has 19 radical (unpaired) electrons. The molecule has 0 fully saturated rings. The molecule has 227 valence electrons. The molecule has 0 aromatic carbocycles. The fourth-order valence-electron chi connectivity index (χ4n) is 0. The van der Waals surface area contributed by atoms with E-state index in [0.717, 1.165) is 0 Å². The summed E-state index contributed by atoms with van der Waals surface area (Å²) in [4.78, 5) is 154. The van der Waals surface area contributed by atoms with Crippen LogP contribution in [0.25, 0.3) is 0 Å². The zero-order valence-electron chi connectivity index (χ0n) is 17.7. The van der Waals surface area contributed by atoms with Gasteiger partial charge >= 0.3 is 263 Å². The van der Waals surface area contributed by atoms with E-state index in [1.807, 2.05) is 0 Å². The minimum absolute atomic E-state index is 0. The van der Waals surface area contributed by atoms with Gasteiger partial charge in [0.05, 0.1) is 0 Å². The van der Waals surface area contributed by atoms with Crippen LogP contribution in [0.1, 0.15) is 0 Å². The van der Waals surface area contributed by atoms with Crippen molar-refractivity contribution in [3.05, 3.63) is 0 Å². The monoisotopic (exact) mass is 2520 g/mol. The van der Waals surface area contributed by atoms with Gasteiger partial charge in [-0.25, -0.2) is 0 Å². The second-order valence-electron chi connectivity index (χ2n) is 2.68. The van der Waals surface area contributed by atoms with Gasteiger partial charge in [0.15, 0.2) is 0 Å². The van der Waals surface area contributed by atoms with Crippen LogP contribution in [0, 0.1) is 0 Å². The first-order valence-corrected chi connectivity index (χ1v) is 13.1. The van der Waals surface area contributed by atoms with Gasteiger partial charge in [-0.2, -0.15) is 46.9 Å². The molecule has 41 heavy (non-hydrogen) atoms. The van der Waals surface area contributed by atoms with Crippen LogP contribution in [0.4, 0.5) is 0 Å². The Morgan fingerprint density at radius 3 is 0.220 bits per heavy atom. The Bertz CT molecular complexity index is 492. The molecule has 0 amide bonds. The summed E-state index contributed by atoms with van der Waals surface area (Å²) in [5, 5.41) is 0. The second kappa shape index (κ2) is 56.2. The number of hydrogen-bond donors (Lipinski definition) is 0. The smallest absolute Gasteiger partial charge is 2.00 e. The maximum atomic E-state index is 8.55. The average molecular weight is 2510 g/mol. The first kappa shape index (κ1) is 110. The largest absolute Gasteiger partial charge is 2.00 e. The first-order valence-electron chi connectivity index (χ1n) is 4.38. The van der Waals surface area contributed by atoms with Gasteiger partial charge in [-0.1, -0.05) is 0 Å². The number of rotatable bonds is 0. The number of hydrogen-bond acceptors (Lipinski definition) is 24. The van der Waals surface area contributed by atoms with Crippen LogP contribution in [0.15, 0.2) is 0 Å². The summed E-state index contributed by atoms with van der Waals surface area (Å²) >= 11 is 0. The fraction of sp³-hybridized carbons (Fsp3) is 0. The van der Waals surface area contributed by atoms with Gasteiger partial charge in [0.2, 0.25) is 0 Å². The normalized spacial score (nSPS) is 8.63. The van der Waals surface area contributed by atoms with Crippen LogP contribution in [0.2, 0.25) is 0 Å². The van der Waals surface area contributed by atoms with Gasteiger partial charge in [0.1, 0.15) is 0 Å². The topological polar surface area (TPSA) is 546 Å². The summed E-state index contributed by atoms with van der Waals surface area (Å²) in [6, 6.07) is 0. The van der Waals surface area contributed by atoms with Crippen molar-refractivity contribution in [3.8, 4) is 0 Å². The molecule has 0 aromatic heterocycles. The van der Waals surface area contributed by atoms with E-state index in [4.69, 9.17) is 115 Å². The maximum Gasteiger partial charge on any atom is 2.00 e. The molecule has 0 N–H and O–H groups in total. The van der Waals surface area contributed by atoms with Crippen LogP contribution < -0.4 is 88.1 Å². The van der Waals surface area contributed by atoms with Crippen molar-refractivity contribution < 1.29 is 138 Å². The van der Waals surface area contributed by atoms with E-state index >= 15 is 0 Å². The summed E-state index contributed by atoms with van der Waals surface area (Å²) in [6.45, 7) is 0. The van der Waals surface area contributed by atoms with Crippen LogP contribution in [0.3, 0.4) is 0 Å². The molecule has 0 unspecified atom stereocenters. The van der Waals surface area contributed by atoms with Crippen molar-refractivity contribution in [1.82, 2.24) is 0 Å². The van der Waals surface area contributed by atoms with Crippen LogP contribution in [0.5, 0.6) is 0 Å². The van der Waals surface area contributed by atoms with Crippen LogP contribution in [-0.4, -0.2) is 246 Å². The molecule has 41 heteroatoms. The van der Waals surface area contributed by atoms with Gasteiger partial charge in [-0.15, -0.1) is 0 Å². The van der Waals surface area contributed by atoms with Crippen molar-refractivity contribution in [2.75, 3.05) is 0 Å². The third-order valence-electron chi connectivity index (χ3n) is 0. The second-order valence-corrected chi connectivity index (χ2v) is 8.05. The predicted octanol–water partition coefficient (Wildman–Crippen LogP) is -20.5. The Morgan fingerprint density at radius 1 is 0.220 bits per heavy atom. The molecule has 0 aliphatic carbocycles. The summed E-state index contributed by atoms with van der Waals surface area (Å²) < 4.78 is 51.3. The Hall–Kier alpha value is 9.44.